The molecule has 0 fully saturated rings. The van der Waals surface area contributed by atoms with Crippen molar-refractivity contribution in [3.05, 3.63) is 48.0 Å². The van der Waals surface area contributed by atoms with Crippen molar-refractivity contribution < 1.29 is 14.3 Å². The van der Waals surface area contributed by atoms with E-state index in [2.05, 4.69) is 11.9 Å². The summed E-state index contributed by atoms with van der Waals surface area (Å²) in [6.07, 6.45) is -0.347. The van der Waals surface area contributed by atoms with Gasteiger partial charge in [-0.05, 0) is 40.3 Å². The molecule has 1 rings (SSSR count). The van der Waals surface area contributed by atoms with E-state index in [-0.39, 0.29) is 12.2 Å². The number of hydrogen-bond donors (Lipinski definition) is 1. The second-order valence-corrected chi connectivity index (χ2v) is 7.48. The minimum Gasteiger partial charge on any atom is -0.444 e. The van der Waals surface area contributed by atoms with Gasteiger partial charge in [0.2, 0.25) is 0 Å². The highest BCUT2D eigenvalue weighted by Crippen LogP contribution is 2.09. The average Bonchev–Trinajstić information content (AvgIpc) is 2.44. The van der Waals surface area contributed by atoms with Crippen molar-refractivity contribution in [3.8, 4) is 0 Å². The van der Waals surface area contributed by atoms with Crippen LogP contribution in [-0.2, 0) is 16.1 Å². The number of ketones is 1. The molecular formula is C20H30N2O3. The Morgan fingerprint density at radius 3 is 2.36 bits per heavy atom. The summed E-state index contributed by atoms with van der Waals surface area (Å²) in [6, 6.07) is 9.34. The molecule has 1 amide bonds. The molecule has 25 heavy (non-hydrogen) atoms. The van der Waals surface area contributed by atoms with Crippen molar-refractivity contribution in [2.75, 3.05) is 13.6 Å². The van der Waals surface area contributed by atoms with Crippen molar-refractivity contribution in [2.45, 2.75) is 52.3 Å². The molecule has 1 aromatic rings. The Labute approximate surface area is 151 Å². The van der Waals surface area contributed by atoms with Crippen LogP contribution >= 0.6 is 0 Å². The molecule has 0 saturated heterocycles. The monoisotopic (exact) mass is 346 g/mol. The molecule has 1 N–H and O–H groups in total. The molecule has 1 aromatic carbocycles. The molecule has 0 radical (unpaired) electrons. The van der Waals surface area contributed by atoms with E-state index in [1.54, 1.807) is 27.7 Å². The number of rotatable bonds is 8. The van der Waals surface area contributed by atoms with Crippen LogP contribution in [0.1, 0.15) is 39.7 Å². The lowest BCUT2D eigenvalue weighted by molar-refractivity contribution is -0.120. The van der Waals surface area contributed by atoms with Crippen LogP contribution in [0.4, 0.5) is 4.79 Å². The van der Waals surface area contributed by atoms with E-state index in [4.69, 9.17) is 4.74 Å². The van der Waals surface area contributed by atoms with Crippen LogP contribution in [0.25, 0.3) is 0 Å². The van der Waals surface area contributed by atoms with Crippen molar-refractivity contribution in [1.29, 1.82) is 0 Å². The van der Waals surface area contributed by atoms with Crippen LogP contribution in [0, 0.1) is 0 Å². The molecule has 0 bridgehead atoms. The summed E-state index contributed by atoms with van der Waals surface area (Å²) in [5.41, 5.74) is 1.31. The molecule has 0 heterocycles. The van der Waals surface area contributed by atoms with E-state index in [1.165, 1.54) is 0 Å². The van der Waals surface area contributed by atoms with Gasteiger partial charge in [-0.2, -0.15) is 0 Å². The first-order valence-corrected chi connectivity index (χ1v) is 8.46. The Bertz CT molecular complexity index is 591. The van der Waals surface area contributed by atoms with E-state index in [0.717, 1.165) is 11.1 Å². The predicted molar refractivity (Wildman–Crippen MR) is 100 cm³/mol. The molecular weight excluding hydrogens is 316 g/mol. The second-order valence-electron chi connectivity index (χ2n) is 7.48. The van der Waals surface area contributed by atoms with Gasteiger partial charge in [-0.3, -0.25) is 9.69 Å². The number of Topliss-reactive ketones (excluding diaryl/α,β-unsaturated/α-hetero) is 1. The standard InChI is InChI=1S/C20H30N2O3/c1-15(2)12-18(23)17(21-19(24)25-20(3,4)5)14-22(6)13-16-10-8-7-9-11-16/h7-11,17H,1,12-14H2,2-6H3,(H,21,24). The third-order valence-corrected chi connectivity index (χ3v) is 3.35. The van der Waals surface area contributed by atoms with E-state index in [0.29, 0.717) is 13.1 Å². The number of likely N-dealkylation sites (N-methyl/N-ethyl adjacent to an activating group) is 1. The van der Waals surface area contributed by atoms with Crippen LogP contribution in [0.15, 0.2) is 42.5 Å². The highest BCUT2D eigenvalue weighted by molar-refractivity contribution is 5.89. The van der Waals surface area contributed by atoms with Gasteiger partial charge in [-0.1, -0.05) is 42.5 Å². The lowest BCUT2D eigenvalue weighted by atomic mass is 10.1. The summed E-state index contributed by atoms with van der Waals surface area (Å²) in [6.45, 7) is 12.0. The quantitative estimate of drug-likeness (QED) is 0.731. The van der Waals surface area contributed by atoms with Gasteiger partial charge in [0.05, 0.1) is 0 Å². The van der Waals surface area contributed by atoms with Gasteiger partial charge in [0.15, 0.2) is 5.78 Å². The number of amides is 1. The highest BCUT2D eigenvalue weighted by atomic mass is 16.6. The molecule has 5 heteroatoms. The van der Waals surface area contributed by atoms with Gasteiger partial charge in [-0.25, -0.2) is 4.79 Å². The van der Waals surface area contributed by atoms with Crippen molar-refractivity contribution in [2.24, 2.45) is 0 Å². The molecule has 0 aliphatic heterocycles. The van der Waals surface area contributed by atoms with Gasteiger partial charge in [0.1, 0.15) is 11.6 Å². The van der Waals surface area contributed by atoms with E-state index in [9.17, 15) is 9.59 Å². The van der Waals surface area contributed by atoms with Gasteiger partial charge in [0.25, 0.3) is 0 Å². The fraction of sp³-hybridized carbons (Fsp3) is 0.500. The van der Waals surface area contributed by atoms with Crippen LogP contribution < -0.4 is 5.32 Å². The van der Waals surface area contributed by atoms with Crippen LogP contribution in [0.5, 0.6) is 0 Å². The third kappa shape index (κ3) is 9.05. The van der Waals surface area contributed by atoms with Gasteiger partial charge >= 0.3 is 6.09 Å². The molecule has 138 valence electrons. The van der Waals surface area contributed by atoms with E-state index < -0.39 is 17.7 Å². The van der Waals surface area contributed by atoms with Crippen molar-refractivity contribution in [3.63, 3.8) is 0 Å². The zero-order valence-electron chi connectivity index (χ0n) is 16.0. The van der Waals surface area contributed by atoms with Gasteiger partial charge < -0.3 is 10.1 Å². The Balaban J connectivity index is 2.74. The second kappa shape index (κ2) is 9.37. The maximum atomic E-state index is 12.5. The fourth-order valence-corrected chi connectivity index (χ4v) is 2.37. The first kappa shape index (κ1) is 20.9. The molecule has 0 aromatic heterocycles. The molecule has 5 nitrogen and oxygen atoms in total. The Morgan fingerprint density at radius 1 is 1.24 bits per heavy atom. The fourth-order valence-electron chi connectivity index (χ4n) is 2.37. The minimum atomic E-state index is -0.639. The number of allylic oxidation sites excluding steroid dienone is 1. The number of nitrogens with one attached hydrogen (secondary N) is 1. The summed E-state index contributed by atoms with van der Waals surface area (Å²) in [4.78, 5) is 26.6. The van der Waals surface area contributed by atoms with E-state index in [1.807, 2.05) is 42.3 Å². The smallest absolute Gasteiger partial charge is 0.408 e. The topological polar surface area (TPSA) is 58.6 Å². The summed E-state index contributed by atoms with van der Waals surface area (Å²) in [5.74, 6) is -0.0710. The average molecular weight is 346 g/mol. The zero-order valence-corrected chi connectivity index (χ0v) is 16.0. The van der Waals surface area contributed by atoms with Crippen LogP contribution in [0.2, 0.25) is 0 Å². The number of hydrogen-bond acceptors (Lipinski definition) is 4. The maximum Gasteiger partial charge on any atom is 0.408 e. The number of benzene rings is 1. The number of carbonyl (C=O) groups is 2. The predicted octanol–water partition coefficient (Wildman–Crippen LogP) is 3.55. The van der Waals surface area contributed by atoms with Crippen molar-refractivity contribution >= 4 is 11.9 Å². The van der Waals surface area contributed by atoms with Crippen LogP contribution in [-0.4, -0.2) is 42.0 Å². The van der Waals surface area contributed by atoms with E-state index >= 15 is 0 Å². The SMILES string of the molecule is C=C(C)CC(=O)C(CN(C)Cc1ccccc1)NC(=O)OC(C)(C)C. The molecule has 0 aliphatic rings. The molecule has 0 spiro atoms. The lowest BCUT2D eigenvalue weighted by Gasteiger charge is -2.26. The van der Waals surface area contributed by atoms with Gasteiger partial charge in [-0.15, -0.1) is 0 Å². The normalized spacial score (nSPS) is 12.6. The summed E-state index contributed by atoms with van der Waals surface area (Å²) in [7, 11) is 1.92. The molecule has 1 unspecified atom stereocenters. The minimum absolute atomic E-state index is 0.0710. The first-order chi connectivity index (χ1) is 11.6. The third-order valence-electron chi connectivity index (χ3n) is 3.35. The first-order valence-electron chi connectivity index (χ1n) is 8.46. The Morgan fingerprint density at radius 2 is 1.84 bits per heavy atom. The van der Waals surface area contributed by atoms with Crippen molar-refractivity contribution in [1.82, 2.24) is 10.2 Å². The molecule has 1 atom stereocenters. The number of nitrogens with zero attached hydrogens (tertiary/aromatic N) is 1. The number of carbonyl (C=O) groups excluding carboxylic acids is 2. The van der Waals surface area contributed by atoms with Gasteiger partial charge in [0, 0.05) is 19.5 Å². The summed E-state index contributed by atoms with van der Waals surface area (Å²) in [5, 5.41) is 2.70. The molecule has 0 aliphatic carbocycles. The Hall–Kier alpha value is -2.14. The summed E-state index contributed by atoms with van der Waals surface area (Å²) < 4.78 is 5.28. The number of alkyl carbamates (subject to hydrolysis) is 1. The Kier molecular flexibility index (Phi) is 7.84. The summed E-state index contributed by atoms with van der Waals surface area (Å²) >= 11 is 0. The maximum absolute atomic E-state index is 12.5. The van der Waals surface area contributed by atoms with Crippen LogP contribution in [0.3, 0.4) is 0 Å². The largest absolute Gasteiger partial charge is 0.444 e. The number of ether oxygens (including phenoxy) is 1. The zero-order chi connectivity index (χ0) is 19.0. The molecule has 0 saturated carbocycles. The lowest BCUT2D eigenvalue weighted by Crippen LogP contribution is -2.49. The highest BCUT2D eigenvalue weighted by Gasteiger charge is 2.25.